The van der Waals surface area contributed by atoms with E-state index in [9.17, 15) is 19.2 Å². The maximum atomic E-state index is 12.4. The van der Waals surface area contributed by atoms with Crippen molar-refractivity contribution in [2.45, 2.75) is 19.3 Å². The van der Waals surface area contributed by atoms with Crippen LogP contribution in [0.5, 0.6) is 11.5 Å². The second kappa shape index (κ2) is 11.9. The third-order valence-corrected chi connectivity index (χ3v) is 6.50. The summed E-state index contributed by atoms with van der Waals surface area (Å²) in [6.07, 6.45) is 2.00. The summed E-state index contributed by atoms with van der Waals surface area (Å²) < 4.78 is 21.7. The van der Waals surface area contributed by atoms with Crippen molar-refractivity contribution in [1.29, 1.82) is 0 Å². The smallest absolute Gasteiger partial charge is 0.337 e. The summed E-state index contributed by atoms with van der Waals surface area (Å²) in [7, 11) is 0. The molecule has 0 aliphatic rings. The molecule has 2 heterocycles. The molecule has 0 amide bonds. The van der Waals surface area contributed by atoms with Crippen LogP contribution in [0, 0.1) is 0 Å². The number of benzene rings is 2. The first kappa shape index (κ1) is 27.6. The summed E-state index contributed by atoms with van der Waals surface area (Å²) in [5, 5.41) is 0.886. The van der Waals surface area contributed by atoms with Gasteiger partial charge in [0.15, 0.2) is 0 Å². The minimum atomic E-state index is -0.685. The number of carbonyl (C=O) groups is 2. The van der Waals surface area contributed by atoms with Crippen molar-refractivity contribution in [3.8, 4) is 11.5 Å². The van der Waals surface area contributed by atoms with E-state index >= 15 is 0 Å². The van der Waals surface area contributed by atoms with Crippen LogP contribution in [0.3, 0.4) is 0 Å². The highest BCUT2D eigenvalue weighted by molar-refractivity contribution is 9.11. The summed E-state index contributed by atoms with van der Waals surface area (Å²) in [6, 6.07) is 8.06. The number of nitrogens with zero attached hydrogens (tertiary/aromatic N) is 4. The van der Waals surface area contributed by atoms with Gasteiger partial charge in [0, 0.05) is 47.9 Å². The molecule has 196 valence electrons. The highest BCUT2D eigenvalue weighted by atomic mass is 79.9. The summed E-state index contributed by atoms with van der Waals surface area (Å²) in [6.45, 7) is 0. The number of halogens is 2. The normalized spacial score (nSPS) is 10.5. The van der Waals surface area contributed by atoms with Crippen LogP contribution < -0.4 is 20.7 Å². The van der Waals surface area contributed by atoms with E-state index in [4.69, 9.17) is 29.4 Å². The molecule has 0 saturated heterocycles. The van der Waals surface area contributed by atoms with Gasteiger partial charge in [-0.1, -0.05) is 0 Å². The predicted octanol–water partition coefficient (Wildman–Crippen LogP) is 4.40. The van der Waals surface area contributed by atoms with Crippen molar-refractivity contribution in [3.05, 3.63) is 88.4 Å². The van der Waals surface area contributed by atoms with Crippen LogP contribution >= 0.6 is 31.9 Å². The van der Waals surface area contributed by atoms with Gasteiger partial charge in [0.25, 0.3) is 12.4 Å². The third-order valence-electron chi connectivity index (χ3n) is 5.26. The van der Waals surface area contributed by atoms with Gasteiger partial charge in [-0.15, -0.1) is 0 Å². The Bertz CT molecular complexity index is 1730. The lowest BCUT2D eigenvalue weighted by Crippen LogP contribution is -2.12. The summed E-state index contributed by atoms with van der Waals surface area (Å²) in [4.78, 5) is 54.1. The average Bonchev–Trinajstić information content (AvgIpc) is 2.86. The summed E-state index contributed by atoms with van der Waals surface area (Å²) in [5.74, 6) is -1.12. The molecule has 2 aromatic carbocycles. The van der Waals surface area contributed by atoms with Gasteiger partial charge in [-0.2, -0.15) is 9.58 Å². The molecule has 4 aromatic rings. The standard InChI is InChI=1S/C25H14Br2N4O8/c26-16-6-14-12(10-30-28)4-24(34)36-18(14)8-20(16)38-22(32)2-1-3-23(33)39-21-9-19-15(7-17(21)27)13(11-31-29)5-25(35)37-19/h4-11H,1-3H2. The lowest BCUT2D eigenvalue weighted by Gasteiger charge is -2.09. The van der Waals surface area contributed by atoms with Crippen LogP contribution in [0.25, 0.3) is 33.0 Å². The molecule has 0 saturated carbocycles. The highest BCUT2D eigenvalue weighted by Gasteiger charge is 2.17. The molecule has 39 heavy (non-hydrogen) atoms. The third kappa shape index (κ3) is 6.51. The van der Waals surface area contributed by atoms with E-state index in [0.717, 1.165) is 24.6 Å². The van der Waals surface area contributed by atoms with E-state index in [1.165, 1.54) is 12.1 Å². The molecule has 2 aromatic heterocycles. The number of hydrogen-bond donors (Lipinski definition) is 0. The van der Waals surface area contributed by atoms with Gasteiger partial charge in [0.2, 0.25) is 0 Å². The van der Waals surface area contributed by atoms with E-state index in [1.54, 1.807) is 12.1 Å². The number of carbonyl (C=O) groups excluding carboxylic acids is 2. The molecular formula is C25H14Br2N4O8. The van der Waals surface area contributed by atoms with E-state index in [0.29, 0.717) is 30.8 Å². The Kier molecular flexibility index (Phi) is 8.43. The monoisotopic (exact) mass is 656 g/mol. The Morgan fingerprint density at radius 1 is 0.744 bits per heavy atom. The van der Waals surface area contributed by atoms with Gasteiger partial charge in [0.1, 0.15) is 22.7 Å². The summed E-state index contributed by atoms with van der Waals surface area (Å²) in [5.41, 5.74) is 17.1. The molecule has 14 heteroatoms. The Hall–Kier alpha value is -4.48. The van der Waals surface area contributed by atoms with Crippen molar-refractivity contribution < 1.29 is 37.5 Å². The predicted molar refractivity (Wildman–Crippen MR) is 143 cm³/mol. The molecular weight excluding hydrogens is 644 g/mol. The maximum absolute atomic E-state index is 12.4. The average molecular weight is 658 g/mol. The lowest BCUT2D eigenvalue weighted by atomic mass is 10.1. The number of rotatable bonds is 8. The molecule has 4 rings (SSSR count). The van der Waals surface area contributed by atoms with Gasteiger partial charge in [0.05, 0.1) is 20.1 Å². The Morgan fingerprint density at radius 3 is 1.54 bits per heavy atom. The fourth-order valence-corrected chi connectivity index (χ4v) is 4.44. The molecule has 0 spiro atoms. The molecule has 0 atom stereocenters. The molecule has 0 aliphatic heterocycles. The highest BCUT2D eigenvalue weighted by Crippen LogP contribution is 2.33. The lowest BCUT2D eigenvalue weighted by molar-refractivity contribution is -0.136. The number of fused-ring (bicyclic) bond motifs is 2. The molecule has 0 bridgehead atoms. The Balaban J connectivity index is 1.40. The zero-order valence-corrected chi connectivity index (χ0v) is 22.7. The van der Waals surface area contributed by atoms with Crippen LogP contribution in [0.4, 0.5) is 0 Å². The SMILES string of the molecule is [N-]=[N+]=Cc1cc(=O)oc2cc(OC(=O)CCCC(=O)Oc3cc4oc(=O)cc(C=[N+]=[N-])c4cc3Br)c(Br)cc12. The Labute approximate surface area is 234 Å². The number of ether oxygens (including phenoxy) is 2. The fraction of sp³-hybridized carbons (Fsp3) is 0.120. The second-order valence-electron chi connectivity index (χ2n) is 7.89. The van der Waals surface area contributed by atoms with E-state index in [2.05, 4.69) is 41.4 Å². The number of esters is 2. The number of hydrogen-bond acceptors (Lipinski definition) is 8. The zero-order chi connectivity index (χ0) is 28.1. The van der Waals surface area contributed by atoms with Crippen LogP contribution in [-0.2, 0) is 9.59 Å². The van der Waals surface area contributed by atoms with Crippen molar-refractivity contribution in [2.24, 2.45) is 0 Å². The van der Waals surface area contributed by atoms with Crippen LogP contribution in [-0.4, -0.2) is 33.9 Å². The molecule has 0 unspecified atom stereocenters. The minimum absolute atomic E-state index is 0.0866. The molecule has 0 fully saturated rings. The van der Waals surface area contributed by atoms with Crippen molar-refractivity contribution in [3.63, 3.8) is 0 Å². The first-order valence-electron chi connectivity index (χ1n) is 11.0. The van der Waals surface area contributed by atoms with Crippen LogP contribution in [0.1, 0.15) is 30.4 Å². The topological polar surface area (TPSA) is 186 Å². The maximum Gasteiger partial charge on any atom is 0.337 e. The summed E-state index contributed by atoms with van der Waals surface area (Å²) >= 11 is 6.58. The van der Waals surface area contributed by atoms with Crippen LogP contribution in [0.2, 0.25) is 0 Å². The van der Waals surface area contributed by atoms with Gasteiger partial charge >= 0.3 is 23.2 Å². The van der Waals surface area contributed by atoms with Gasteiger partial charge in [-0.3, -0.25) is 9.59 Å². The van der Waals surface area contributed by atoms with Gasteiger partial charge in [-0.25, -0.2) is 9.59 Å². The largest absolute Gasteiger partial charge is 0.425 e. The first-order chi connectivity index (χ1) is 18.7. The Morgan fingerprint density at radius 2 is 1.15 bits per heavy atom. The molecule has 12 nitrogen and oxygen atoms in total. The molecule has 0 radical (unpaired) electrons. The van der Waals surface area contributed by atoms with Gasteiger partial charge < -0.3 is 29.4 Å². The van der Waals surface area contributed by atoms with Gasteiger partial charge in [-0.05, 0) is 50.4 Å². The van der Waals surface area contributed by atoms with Crippen molar-refractivity contribution in [2.75, 3.05) is 0 Å². The quantitative estimate of drug-likeness (QED) is 0.0666. The zero-order valence-electron chi connectivity index (χ0n) is 19.6. The fourth-order valence-electron chi connectivity index (χ4n) is 3.59. The van der Waals surface area contributed by atoms with Crippen molar-refractivity contribution in [1.82, 2.24) is 0 Å². The first-order valence-corrected chi connectivity index (χ1v) is 12.6. The van der Waals surface area contributed by atoms with E-state index in [1.807, 2.05) is 0 Å². The second-order valence-corrected chi connectivity index (χ2v) is 9.60. The molecule has 0 N–H and O–H groups in total. The van der Waals surface area contributed by atoms with E-state index < -0.39 is 23.2 Å². The van der Waals surface area contributed by atoms with Crippen molar-refractivity contribution >= 4 is 78.2 Å². The van der Waals surface area contributed by atoms with E-state index in [-0.39, 0.29) is 41.9 Å². The molecule has 0 aliphatic carbocycles. The van der Waals surface area contributed by atoms with Crippen LogP contribution in [0.15, 0.2) is 63.8 Å². The minimum Gasteiger partial charge on any atom is -0.425 e.